The van der Waals surface area contributed by atoms with Crippen molar-refractivity contribution >= 4 is 0 Å². The molecular formula is C13H25NO. The Kier molecular flexibility index (Phi) is 3.36. The maximum Gasteiger partial charge on any atom is 0.0771 e. The van der Waals surface area contributed by atoms with Gasteiger partial charge in [0.25, 0.3) is 0 Å². The lowest BCUT2D eigenvalue weighted by Crippen LogP contribution is -2.44. The average molecular weight is 211 g/mol. The zero-order valence-electron chi connectivity index (χ0n) is 10.1. The molecule has 2 rings (SSSR count). The highest BCUT2D eigenvalue weighted by atomic mass is 16.3. The molecule has 2 aliphatic carbocycles. The van der Waals surface area contributed by atoms with Crippen LogP contribution in [0.15, 0.2) is 0 Å². The highest BCUT2D eigenvalue weighted by Crippen LogP contribution is 2.35. The van der Waals surface area contributed by atoms with E-state index in [1.54, 1.807) is 0 Å². The second-order valence-electron chi connectivity index (χ2n) is 5.96. The van der Waals surface area contributed by atoms with Crippen molar-refractivity contribution in [2.45, 2.75) is 64.0 Å². The van der Waals surface area contributed by atoms with Gasteiger partial charge in [0.05, 0.1) is 5.60 Å². The Hall–Kier alpha value is -0.0800. The van der Waals surface area contributed by atoms with E-state index in [1.165, 1.54) is 25.7 Å². The van der Waals surface area contributed by atoms with Gasteiger partial charge in [0.1, 0.15) is 0 Å². The lowest BCUT2D eigenvalue weighted by molar-refractivity contribution is -0.0141. The maximum atomic E-state index is 10.4. The molecule has 2 heteroatoms. The van der Waals surface area contributed by atoms with Crippen LogP contribution in [0.2, 0.25) is 0 Å². The summed E-state index contributed by atoms with van der Waals surface area (Å²) in [7, 11) is 0. The van der Waals surface area contributed by atoms with E-state index >= 15 is 0 Å². The largest absolute Gasteiger partial charge is 0.389 e. The van der Waals surface area contributed by atoms with Crippen molar-refractivity contribution in [3.63, 3.8) is 0 Å². The molecule has 2 nitrogen and oxygen atoms in total. The van der Waals surface area contributed by atoms with Gasteiger partial charge in [-0.1, -0.05) is 13.8 Å². The molecule has 15 heavy (non-hydrogen) atoms. The number of hydrogen-bond acceptors (Lipinski definition) is 2. The number of rotatable bonds is 4. The first-order valence-electron chi connectivity index (χ1n) is 6.55. The van der Waals surface area contributed by atoms with Crippen molar-refractivity contribution < 1.29 is 5.11 Å². The molecule has 0 saturated heterocycles. The lowest BCUT2D eigenvalue weighted by atomic mass is 9.74. The van der Waals surface area contributed by atoms with E-state index < -0.39 is 5.60 Å². The van der Waals surface area contributed by atoms with Gasteiger partial charge in [-0.25, -0.2) is 0 Å². The molecule has 0 aromatic heterocycles. The highest BCUT2D eigenvalue weighted by molar-refractivity contribution is 4.91. The van der Waals surface area contributed by atoms with Crippen LogP contribution in [0.1, 0.15) is 52.4 Å². The van der Waals surface area contributed by atoms with Gasteiger partial charge in [-0.2, -0.15) is 0 Å². The van der Waals surface area contributed by atoms with Crippen LogP contribution in [0.4, 0.5) is 0 Å². The average Bonchev–Trinajstić information content (AvgIpc) is 2.99. The van der Waals surface area contributed by atoms with E-state index in [4.69, 9.17) is 0 Å². The monoisotopic (exact) mass is 211 g/mol. The Labute approximate surface area is 93.5 Å². The van der Waals surface area contributed by atoms with Crippen molar-refractivity contribution in [3.05, 3.63) is 0 Å². The van der Waals surface area contributed by atoms with Crippen LogP contribution in [0.25, 0.3) is 0 Å². The summed E-state index contributed by atoms with van der Waals surface area (Å²) in [6.45, 7) is 5.43. The topological polar surface area (TPSA) is 32.3 Å². The zero-order valence-corrected chi connectivity index (χ0v) is 10.1. The van der Waals surface area contributed by atoms with Crippen molar-refractivity contribution in [3.8, 4) is 0 Å². The van der Waals surface area contributed by atoms with Crippen LogP contribution in [-0.4, -0.2) is 23.3 Å². The second-order valence-corrected chi connectivity index (χ2v) is 5.96. The summed E-state index contributed by atoms with van der Waals surface area (Å²) in [5.74, 6) is 1.62. The van der Waals surface area contributed by atoms with Crippen molar-refractivity contribution in [2.75, 3.05) is 6.54 Å². The molecule has 0 atom stereocenters. The van der Waals surface area contributed by atoms with Crippen molar-refractivity contribution in [2.24, 2.45) is 11.8 Å². The van der Waals surface area contributed by atoms with Gasteiger partial charge in [-0.15, -0.1) is 0 Å². The zero-order chi connectivity index (χ0) is 10.9. The molecule has 0 spiro atoms. The summed E-state index contributed by atoms with van der Waals surface area (Å²) in [4.78, 5) is 0. The van der Waals surface area contributed by atoms with E-state index in [-0.39, 0.29) is 0 Å². The molecule has 0 unspecified atom stereocenters. The second kappa shape index (κ2) is 4.42. The minimum absolute atomic E-state index is 0.395. The van der Waals surface area contributed by atoms with E-state index in [0.29, 0.717) is 0 Å². The van der Waals surface area contributed by atoms with Crippen LogP contribution in [0.5, 0.6) is 0 Å². The summed E-state index contributed by atoms with van der Waals surface area (Å²) >= 11 is 0. The Morgan fingerprint density at radius 3 is 2.27 bits per heavy atom. The fourth-order valence-electron chi connectivity index (χ4n) is 2.64. The Morgan fingerprint density at radius 1 is 1.20 bits per heavy atom. The molecule has 0 heterocycles. The van der Waals surface area contributed by atoms with Gasteiger partial charge >= 0.3 is 0 Å². The summed E-state index contributed by atoms with van der Waals surface area (Å²) < 4.78 is 0. The summed E-state index contributed by atoms with van der Waals surface area (Å²) in [5.41, 5.74) is -0.395. The molecular weight excluding hydrogens is 186 g/mol. The standard InChI is InChI=1S/C13H25NO/c1-10(2)11-5-7-13(15,8-6-11)9-14-12-3-4-12/h10-12,14-15H,3-9H2,1-2H3. The molecule has 2 N–H and O–H groups in total. The van der Waals surface area contributed by atoms with Gasteiger partial charge in [-0.05, 0) is 50.4 Å². The SMILES string of the molecule is CC(C)C1CCC(O)(CNC2CC2)CC1. The first-order chi connectivity index (χ1) is 7.09. The fourth-order valence-corrected chi connectivity index (χ4v) is 2.64. The van der Waals surface area contributed by atoms with Crippen LogP contribution in [-0.2, 0) is 0 Å². The van der Waals surface area contributed by atoms with Crippen LogP contribution < -0.4 is 5.32 Å². The quantitative estimate of drug-likeness (QED) is 0.748. The maximum absolute atomic E-state index is 10.4. The lowest BCUT2D eigenvalue weighted by Gasteiger charge is -2.37. The molecule has 0 radical (unpaired) electrons. The van der Waals surface area contributed by atoms with E-state index in [0.717, 1.165) is 37.3 Å². The van der Waals surface area contributed by atoms with Crippen molar-refractivity contribution in [1.82, 2.24) is 5.32 Å². The molecule has 2 saturated carbocycles. The molecule has 0 aliphatic heterocycles. The van der Waals surface area contributed by atoms with E-state index in [2.05, 4.69) is 19.2 Å². The minimum Gasteiger partial charge on any atom is -0.389 e. The van der Waals surface area contributed by atoms with Gasteiger partial charge in [0, 0.05) is 12.6 Å². The molecule has 0 amide bonds. The normalized spacial score (nSPS) is 37.2. The number of hydrogen-bond donors (Lipinski definition) is 2. The third kappa shape index (κ3) is 3.18. The molecule has 88 valence electrons. The first-order valence-corrected chi connectivity index (χ1v) is 6.55. The molecule has 0 bridgehead atoms. The third-order valence-corrected chi connectivity index (χ3v) is 4.20. The molecule has 0 aromatic rings. The van der Waals surface area contributed by atoms with Gasteiger partial charge in [0.2, 0.25) is 0 Å². The Bertz CT molecular complexity index is 203. The highest BCUT2D eigenvalue weighted by Gasteiger charge is 2.35. The molecule has 2 aliphatic rings. The summed E-state index contributed by atoms with van der Waals surface area (Å²) in [6, 6.07) is 0.719. The van der Waals surface area contributed by atoms with Gasteiger partial charge in [0.15, 0.2) is 0 Å². The van der Waals surface area contributed by atoms with Crippen molar-refractivity contribution in [1.29, 1.82) is 0 Å². The predicted octanol–water partition coefficient (Wildman–Crippen LogP) is 2.32. The predicted molar refractivity (Wildman–Crippen MR) is 62.8 cm³/mol. The summed E-state index contributed by atoms with van der Waals surface area (Å²) in [5, 5.41) is 13.8. The Morgan fingerprint density at radius 2 is 1.80 bits per heavy atom. The van der Waals surface area contributed by atoms with E-state index in [1.807, 2.05) is 0 Å². The molecule has 0 aromatic carbocycles. The van der Waals surface area contributed by atoms with Gasteiger partial charge < -0.3 is 10.4 Å². The smallest absolute Gasteiger partial charge is 0.0771 e. The van der Waals surface area contributed by atoms with Crippen LogP contribution in [0, 0.1) is 11.8 Å². The number of nitrogens with one attached hydrogen (secondary N) is 1. The van der Waals surface area contributed by atoms with Crippen LogP contribution in [0.3, 0.4) is 0 Å². The van der Waals surface area contributed by atoms with Crippen LogP contribution >= 0.6 is 0 Å². The first kappa shape index (κ1) is 11.4. The summed E-state index contributed by atoms with van der Waals surface area (Å²) in [6.07, 6.45) is 7.03. The minimum atomic E-state index is -0.395. The third-order valence-electron chi connectivity index (χ3n) is 4.20. The molecule has 2 fully saturated rings. The number of aliphatic hydroxyl groups is 1. The van der Waals surface area contributed by atoms with E-state index in [9.17, 15) is 5.11 Å². The van der Waals surface area contributed by atoms with Gasteiger partial charge in [-0.3, -0.25) is 0 Å². The fraction of sp³-hybridized carbons (Fsp3) is 1.00. The Balaban J connectivity index is 1.74.